The molecule has 16 heavy (non-hydrogen) atoms. The van der Waals surface area contributed by atoms with Gasteiger partial charge in [-0.15, -0.1) is 0 Å². The first-order valence-electron chi connectivity index (χ1n) is 5.26. The Hall–Kier alpha value is -1.55. The van der Waals surface area contributed by atoms with Gasteiger partial charge in [-0.3, -0.25) is 4.84 Å². The molecule has 2 amide bonds. The topological polar surface area (TPSA) is 50.4 Å². The van der Waals surface area contributed by atoms with Crippen molar-refractivity contribution in [3.05, 3.63) is 34.9 Å². The Morgan fingerprint density at radius 3 is 2.44 bits per heavy atom. The number of urea groups is 1. The van der Waals surface area contributed by atoms with Crippen LogP contribution in [0.3, 0.4) is 0 Å². The molecule has 0 atom stereocenters. The predicted molar refractivity (Wildman–Crippen MR) is 63.2 cm³/mol. The third-order valence-corrected chi connectivity index (χ3v) is 2.18. The van der Waals surface area contributed by atoms with Gasteiger partial charge in [0.1, 0.15) is 0 Å². The molecular formula is C12H18N2O2. The van der Waals surface area contributed by atoms with Crippen LogP contribution in [0.2, 0.25) is 0 Å². The Balaban J connectivity index is 2.40. The van der Waals surface area contributed by atoms with Crippen LogP contribution in [-0.2, 0) is 11.3 Å². The van der Waals surface area contributed by atoms with Crippen molar-refractivity contribution >= 4 is 6.03 Å². The standard InChI is InChI=1S/C12H18N2O2/c1-9-6-10(2)8-11(7-9)4-5-13-12(15)14-16-3/h6-8H,4-5H2,1-3H3,(H2,13,14,15). The molecule has 2 N–H and O–H groups in total. The maximum Gasteiger partial charge on any atom is 0.338 e. The van der Waals surface area contributed by atoms with Crippen LogP contribution < -0.4 is 10.8 Å². The van der Waals surface area contributed by atoms with Gasteiger partial charge < -0.3 is 5.32 Å². The molecule has 0 radical (unpaired) electrons. The van der Waals surface area contributed by atoms with Crippen LogP contribution in [0.4, 0.5) is 4.79 Å². The number of rotatable bonds is 4. The highest BCUT2D eigenvalue weighted by Crippen LogP contribution is 2.08. The Morgan fingerprint density at radius 2 is 1.88 bits per heavy atom. The second kappa shape index (κ2) is 6.12. The molecule has 88 valence electrons. The van der Waals surface area contributed by atoms with Gasteiger partial charge in [-0.25, -0.2) is 10.3 Å². The summed E-state index contributed by atoms with van der Waals surface area (Å²) in [5.74, 6) is 0. The molecule has 1 aromatic rings. The highest BCUT2D eigenvalue weighted by Gasteiger charge is 1.99. The van der Waals surface area contributed by atoms with E-state index in [2.05, 4.69) is 47.7 Å². The van der Waals surface area contributed by atoms with E-state index in [9.17, 15) is 4.79 Å². The van der Waals surface area contributed by atoms with E-state index in [0.29, 0.717) is 6.54 Å². The average Bonchev–Trinajstić information content (AvgIpc) is 2.16. The molecule has 0 aliphatic rings. The highest BCUT2D eigenvalue weighted by atomic mass is 16.6. The summed E-state index contributed by atoms with van der Waals surface area (Å²) in [6.07, 6.45) is 0.819. The molecule has 1 rings (SSSR count). The number of amides is 2. The van der Waals surface area contributed by atoms with Gasteiger partial charge in [0.25, 0.3) is 0 Å². The molecule has 0 aliphatic heterocycles. The van der Waals surface area contributed by atoms with Gasteiger partial charge in [0.05, 0.1) is 7.11 Å². The Labute approximate surface area is 95.9 Å². The van der Waals surface area contributed by atoms with Gasteiger partial charge in [-0.2, -0.15) is 0 Å². The maximum atomic E-state index is 11.0. The molecular weight excluding hydrogens is 204 g/mol. The summed E-state index contributed by atoms with van der Waals surface area (Å²) in [4.78, 5) is 15.5. The van der Waals surface area contributed by atoms with Crippen LogP contribution >= 0.6 is 0 Å². The van der Waals surface area contributed by atoms with Crippen molar-refractivity contribution in [1.29, 1.82) is 0 Å². The molecule has 0 unspecified atom stereocenters. The third kappa shape index (κ3) is 4.31. The summed E-state index contributed by atoms with van der Waals surface area (Å²) in [5.41, 5.74) is 5.93. The molecule has 0 saturated carbocycles. The van der Waals surface area contributed by atoms with Crippen LogP contribution in [0.5, 0.6) is 0 Å². The summed E-state index contributed by atoms with van der Waals surface area (Å²) in [6.45, 7) is 4.74. The van der Waals surface area contributed by atoms with Crippen LogP contribution in [0.25, 0.3) is 0 Å². The first kappa shape index (κ1) is 12.5. The minimum Gasteiger partial charge on any atom is -0.336 e. The van der Waals surface area contributed by atoms with E-state index >= 15 is 0 Å². The first-order chi connectivity index (χ1) is 7.61. The Kier molecular flexibility index (Phi) is 4.79. The van der Waals surface area contributed by atoms with Crippen molar-refractivity contribution in [3.8, 4) is 0 Å². The molecule has 0 bridgehead atoms. The number of nitrogens with one attached hydrogen (secondary N) is 2. The quantitative estimate of drug-likeness (QED) is 0.762. The van der Waals surface area contributed by atoms with Crippen molar-refractivity contribution in [3.63, 3.8) is 0 Å². The minimum atomic E-state index is -0.313. The van der Waals surface area contributed by atoms with Crippen molar-refractivity contribution in [1.82, 2.24) is 10.8 Å². The largest absolute Gasteiger partial charge is 0.338 e. The first-order valence-corrected chi connectivity index (χ1v) is 5.26. The fraction of sp³-hybridized carbons (Fsp3) is 0.417. The summed E-state index contributed by atoms with van der Waals surface area (Å²) in [7, 11) is 1.41. The number of carbonyl (C=O) groups is 1. The van der Waals surface area contributed by atoms with Crippen LogP contribution in [-0.4, -0.2) is 19.7 Å². The molecule has 0 fully saturated rings. The lowest BCUT2D eigenvalue weighted by Gasteiger charge is -2.07. The van der Waals surface area contributed by atoms with Gasteiger partial charge in [-0.05, 0) is 25.8 Å². The third-order valence-electron chi connectivity index (χ3n) is 2.18. The van der Waals surface area contributed by atoms with Gasteiger partial charge in [0.2, 0.25) is 0 Å². The van der Waals surface area contributed by atoms with Crippen molar-refractivity contribution in [2.45, 2.75) is 20.3 Å². The summed E-state index contributed by atoms with van der Waals surface area (Å²) in [6, 6.07) is 6.08. The van der Waals surface area contributed by atoms with Crippen molar-refractivity contribution < 1.29 is 9.63 Å². The summed E-state index contributed by atoms with van der Waals surface area (Å²) in [5, 5.41) is 2.70. The number of hydroxylamine groups is 1. The number of carbonyl (C=O) groups excluding carboxylic acids is 1. The SMILES string of the molecule is CONC(=O)NCCc1cc(C)cc(C)c1. The van der Waals surface area contributed by atoms with Gasteiger partial charge in [0, 0.05) is 6.54 Å². The second-order valence-electron chi connectivity index (χ2n) is 3.81. The van der Waals surface area contributed by atoms with Gasteiger partial charge in [-0.1, -0.05) is 29.3 Å². The van der Waals surface area contributed by atoms with Crippen LogP contribution in [0.15, 0.2) is 18.2 Å². The number of hydrogen-bond acceptors (Lipinski definition) is 2. The average molecular weight is 222 g/mol. The normalized spacial score (nSPS) is 9.94. The molecule has 0 heterocycles. The predicted octanol–water partition coefficient (Wildman–Crippen LogP) is 1.71. The lowest BCUT2D eigenvalue weighted by molar-refractivity contribution is 0.107. The molecule has 0 aromatic heterocycles. The lowest BCUT2D eigenvalue weighted by atomic mass is 10.1. The number of aryl methyl sites for hydroxylation is 2. The van der Waals surface area contributed by atoms with Crippen LogP contribution in [0, 0.1) is 13.8 Å². The van der Waals surface area contributed by atoms with E-state index < -0.39 is 0 Å². The van der Waals surface area contributed by atoms with E-state index in [1.54, 1.807) is 0 Å². The van der Waals surface area contributed by atoms with E-state index in [1.165, 1.54) is 23.8 Å². The van der Waals surface area contributed by atoms with Gasteiger partial charge >= 0.3 is 6.03 Å². The highest BCUT2D eigenvalue weighted by molar-refractivity contribution is 5.72. The fourth-order valence-electron chi connectivity index (χ4n) is 1.66. The number of benzene rings is 1. The molecule has 0 saturated heterocycles. The van der Waals surface area contributed by atoms with Gasteiger partial charge in [0.15, 0.2) is 0 Å². The van der Waals surface area contributed by atoms with E-state index in [4.69, 9.17) is 0 Å². The maximum absolute atomic E-state index is 11.0. The van der Waals surface area contributed by atoms with Crippen molar-refractivity contribution in [2.24, 2.45) is 0 Å². The van der Waals surface area contributed by atoms with E-state index in [-0.39, 0.29) is 6.03 Å². The molecule has 1 aromatic carbocycles. The summed E-state index contributed by atoms with van der Waals surface area (Å²) < 4.78 is 0. The molecule has 4 nitrogen and oxygen atoms in total. The molecule has 4 heteroatoms. The fourth-order valence-corrected chi connectivity index (χ4v) is 1.66. The zero-order chi connectivity index (χ0) is 12.0. The smallest absolute Gasteiger partial charge is 0.336 e. The van der Waals surface area contributed by atoms with E-state index in [0.717, 1.165) is 6.42 Å². The second-order valence-corrected chi connectivity index (χ2v) is 3.81. The zero-order valence-corrected chi connectivity index (χ0v) is 9.96. The molecule has 0 aliphatic carbocycles. The Morgan fingerprint density at radius 1 is 1.25 bits per heavy atom. The Bertz CT molecular complexity index is 344. The zero-order valence-electron chi connectivity index (χ0n) is 9.96. The lowest BCUT2D eigenvalue weighted by Crippen LogP contribution is -2.35. The summed E-state index contributed by atoms with van der Waals surface area (Å²) >= 11 is 0. The number of hydrogen-bond donors (Lipinski definition) is 2. The van der Waals surface area contributed by atoms with Crippen molar-refractivity contribution in [2.75, 3.05) is 13.7 Å². The van der Waals surface area contributed by atoms with Crippen LogP contribution in [0.1, 0.15) is 16.7 Å². The monoisotopic (exact) mass is 222 g/mol. The minimum absolute atomic E-state index is 0.313. The molecule has 0 spiro atoms. The van der Waals surface area contributed by atoms with E-state index in [1.807, 2.05) is 0 Å².